The molecule has 0 spiro atoms. The third-order valence-electron chi connectivity index (χ3n) is 4.66. The van der Waals surface area contributed by atoms with E-state index in [1.807, 2.05) is 18.2 Å². The Hall–Kier alpha value is -2.25. The molecule has 2 amide bonds. The van der Waals surface area contributed by atoms with Crippen LogP contribution in [0.25, 0.3) is 0 Å². The molecule has 1 N–H and O–H groups in total. The largest absolute Gasteiger partial charge is 0.416 e. The third-order valence-corrected chi connectivity index (χ3v) is 4.99. The Balaban J connectivity index is 1.61. The Kier molecular flexibility index (Phi) is 6.46. The first kappa shape index (κ1) is 20.5. The molecule has 0 atom stereocenters. The van der Waals surface area contributed by atoms with Gasteiger partial charge in [0.15, 0.2) is 0 Å². The number of hydrogen-bond acceptors (Lipinski definition) is 2. The number of carbonyl (C=O) groups excluding carboxylic acids is 1. The fourth-order valence-electron chi connectivity index (χ4n) is 3.17. The highest BCUT2D eigenvalue weighted by Gasteiger charge is 2.31. The summed E-state index contributed by atoms with van der Waals surface area (Å²) < 4.78 is 38.7. The van der Waals surface area contributed by atoms with Crippen LogP contribution in [0.1, 0.15) is 17.5 Å². The number of benzene rings is 2. The standard InChI is InChI=1S/C20H21ClF3N3O/c21-17-8-7-16(20(22,23)24)13-18(17)25-19(28)27-10-4-9-26(11-12-27)14-15-5-2-1-3-6-15/h1-3,5-8,13H,4,9-12,14H2,(H,25,28). The molecule has 3 rings (SSSR count). The van der Waals surface area contributed by atoms with Crippen LogP contribution in [-0.4, -0.2) is 42.0 Å². The molecule has 0 saturated carbocycles. The van der Waals surface area contributed by atoms with Gasteiger partial charge in [-0.3, -0.25) is 4.90 Å². The van der Waals surface area contributed by atoms with Gasteiger partial charge in [0.2, 0.25) is 0 Å². The molecule has 150 valence electrons. The van der Waals surface area contributed by atoms with Gasteiger partial charge < -0.3 is 10.2 Å². The second kappa shape index (κ2) is 8.84. The Morgan fingerprint density at radius 1 is 1.04 bits per heavy atom. The van der Waals surface area contributed by atoms with Crippen LogP contribution in [0, 0.1) is 0 Å². The van der Waals surface area contributed by atoms with Gasteiger partial charge in [-0.25, -0.2) is 4.79 Å². The molecule has 2 aromatic carbocycles. The zero-order valence-electron chi connectivity index (χ0n) is 15.2. The van der Waals surface area contributed by atoms with Crippen LogP contribution in [-0.2, 0) is 12.7 Å². The molecular formula is C20H21ClF3N3O. The van der Waals surface area contributed by atoms with Gasteiger partial charge in [0.05, 0.1) is 16.3 Å². The van der Waals surface area contributed by atoms with Crippen molar-refractivity contribution in [2.24, 2.45) is 0 Å². The first-order valence-electron chi connectivity index (χ1n) is 9.02. The normalized spacial score (nSPS) is 15.9. The van der Waals surface area contributed by atoms with Crippen molar-refractivity contribution in [3.8, 4) is 0 Å². The molecule has 8 heteroatoms. The average molecular weight is 412 g/mol. The highest BCUT2D eigenvalue weighted by Crippen LogP contribution is 2.33. The zero-order chi connectivity index (χ0) is 20.1. The topological polar surface area (TPSA) is 35.6 Å². The molecule has 1 aliphatic rings. The summed E-state index contributed by atoms with van der Waals surface area (Å²) >= 11 is 5.97. The van der Waals surface area contributed by atoms with Gasteiger partial charge >= 0.3 is 12.2 Å². The fraction of sp³-hybridized carbons (Fsp3) is 0.350. The summed E-state index contributed by atoms with van der Waals surface area (Å²) in [7, 11) is 0. The van der Waals surface area contributed by atoms with Crippen LogP contribution in [0.2, 0.25) is 5.02 Å². The summed E-state index contributed by atoms with van der Waals surface area (Å²) in [5.74, 6) is 0. The maximum absolute atomic E-state index is 12.9. The van der Waals surface area contributed by atoms with Gasteiger partial charge in [-0.05, 0) is 30.2 Å². The minimum Gasteiger partial charge on any atom is -0.323 e. The fourth-order valence-corrected chi connectivity index (χ4v) is 3.33. The molecule has 1 heterocycles. The van der Waals surface area contributed by atoms with Gasteiger partial charge in [-0.2, -0.15) is 13.2 Å². The van der Waals surface area contributed by atoms with Crippen molar-refractivity contribution >= 4 is 23.3 Å². The number of urea groups is 1. The average Bonchev–Trinajstić information content (AvgIpc) is 2.89. The molecule has 1 fully saturated rings. The Morgan fingerprint density at radius 2 is 1.79 bits per heavy atom. The highest BCUT2D eigenvalue weighted by molar-refractivity contribution is 6.33. The molecule has 0 aromatic heterocycles. The zero-order valence-corrected chi connectivity index (χ0v) is 15.9. The van der Waals surface area contributed by atoms with Crippen molar-refractivity contribution in [2.45, 2.75) is 19.1 Å². The molecule has 0 aliphatic carbocycles. The van der Waals surface area contributed by atoms with Crippen LogP contribution in [0.4, 0.5) is 23.7 Å². The summed E-state index contributed by atoms with van der Waals surface area (Å²) in [5.41, 5.74) is 0.320. The van der Waals surface area contributed by atoms with E-state index < -0.39 is 17.8 Å². The summed E-state index contributed by atoms with van der Waals surface area (Å²) in [6.45, 7) is 3.38. The third kappa shape index (κ3) is 5.39. The molecular weight excluding hydrogens is 391 g/mol. The minimum atomic E-state index is -4.50. The van der Waals surface area contributed by atoms with E-state index in [9.17, 15) is 18.0 Å². The molecule has 1 saturated heterocycles. The van der Waals surface area contributed by atoms with Crippen molar-refractivity contribution in [3.05, 3.63) is 64.7 Å². The smallest absolute Gasteiger partial charge is 0.323 e. The lowest BCUT2D eigenvalue weighted by molar-refractivity contribution is -0.137. The number of amides is 2. The molecule has 4 nitrogen and oxygen atoms in total. The number of nitrogens with zero attached hydrogens (tertiary/aromatic N) is 2. The van der Waals surface area contributed by atoms with Crippen LogP contribution in [0.3, 0.4) is 0 Å². The molecule has 2 aromatic rings. The Bertz CT molecular complexity index is 814. The monoisotopic (exact) mass is 411 g/mol. The van der Waals surface area contributed by atoms with Crippen molar-refractivity contribution in [1.29, 1.82) is 0 Å². The van der Waals surface area contributed by atoms with Gasteiger partial charge in [-0.1, -0.05) is 41.9 Å². The number of rotatable bonds is 3. The van der Waals surface area contributed by atoms with Crippen molar-refractivity contribution in [3.63, 3.8) is 0 Å². The lowest BCUT2D eigenvalue weighted by Gasteiger charge is -2.23. The van der Waals surface area contributed by atoms with E-state index in [0.29, 0.717) is 19.6 Å². The van der Waals surface area contributed by atoms with Crippen LogP contribution in [0.5, 0.6) is 0 Å². The lowest BCUT2D eigenvalue weighted by atomic mass is 10.2. The second-order valence-electron chi connectivity index (χ2n) is 6.72. The number of alkyl halides is 3. The van der Waals surface area contributed by atoms with Gasteiger partial charge in [0.25, 0.3) is 0 Å². The van der Waals surface area contributed by atoms with E-state index in [1.54, 1.807) is 4.90 Å². The molecule has 28 heavy (non-hydrogen) atoms. The summed E-state index contributed by atoms with van der Waals surface area (Å²) in [5, 5.41) is 2.59. The number of carbonyl (C=O) groups is 1. The predicted octanol–water partition coefficient (Wildman–Crippen LogP) is 5.10. The summed E-state index contributed by atoms with van der Waals surface area (Å²) in [4.78, 5) is 16.4. The predicted molar refractivity (Wildman–Crippen MR) is 103 cm³/mol. The van der Waals surface area contributed by atoms with E-state index in [0.717, 1.165) is 37.7 Å². The number of hydrogen-bond donors (Lipinski definition) is 1. The molecule has 0 unspecified atom stereocenters. The van der Waals surface area contributed by atoms with Gasteiger partial charge in [-0.15, -0.1) is 0 Å². The number of anilines is 1. The molecule has 0 radical (unpaired) electrons. The van der Waals surface area contributed by atoms with E-state index in [-0.39, 0.29) is 10.7 Å². The van der Waals surface area contributed by atoms with E-state index in [1.165, 1.54) is 5.56 Å². The molecule has 1 aliphatic heterocycles. The van der Waals surface area contributed by atoms with E-state index >= 15 is 0 Å². The van der Waals surface area contributed by atoms with Crippen molar-refractivity contribution in [2.75, 3.05) is 31.5 Å². The summed E-state index contributed by atoms with van der Waals surface area (Å²) in [6.07, 6.45) is -3.71. The quantitative estimate of drug-likeness (QED) is 0.762. The van der Waals surface area contributed by atoms with Crippen molar-refractivity contribution in [1.82, 2.24) is 9.80 Å². The summed E-state index contributed by atoms with van der Waals surface area (Å²) in [6, 6.07) is 12.5. The first-order valence-corrected chi connectivity index (χ1v) is 9.40. The minimum absolute atomic E-state index is 0.0353. The molecule has 0 bridgehead atoms. The maximum atomic E-state index is 12.9. The maximum Gasteiger partial charge on any atom is 0.416 e. The van der Waals surface area contributed by atoms with Crippen LogP contribution in [0.15, 0.2) is 48.5 Å². The van der Waals surface area contributed by atoms with E-state index in [4.69, 9.17) is 11.6 Å². The SMILES string of the molecule is O=C(Nc1cc(C(F)(F)F)ccc1Cl)N1CCCN(Cc2ccccc2)CC1. The Morgan fingerprint density at radius 3 is 2.50 bits per heavy atom. The lowest BCUT2D eigenvalue weighted by Crippen LogP contribution is -2.38. The van der Waals surface area contributed by atoms with Crippen molar-refractivity contribution < 1.29 is 18.0 Å². The Labute approximate surface area is 166 Å². The first-order chi connectivity index (χ1) is 13.3. The number of nitrogens with one attached hydrogen (secondary N) is 1. The van der Waals surface area contributed by atoms with Gasteiger partial charge in [0.1, 0.15) is 0 Å². The number of halogens is 4. The van der Waals surface area contributed by atoms with Gasteiger partial charge in [0, 0.05) is 32.7 Å². The second-order valence-corrected chi connectivity index (χ2v) is 7.13. The van der Waals surface area contributed by atoms with E-state index in [2.05, 4.69) is 22.3 Å². The van der Waals surface area contributed by atoms with Crippen LogP contribution >= 0.6 is 11.6 Å². The van der Waals surface area contributed by atoms with Crippen LogP contribution < -0.4 is 5.32 Å². The highest BCUT2D eigenvalue weighted by atomic mass is 35.5.